The molecular weight excluding hydrogens is 286 g/mol. The van der Waals surface area contributed by atoms with Crippen molar-refractivity contribution in [1.29, 1.82) is 0 Å². The van der Waals surface area contributed by atoms with Gasteiger partial charge in [0.15, 0.2) is 0 Å². The van der Waals surface area contributed by atoms with Crippen LogP contribution in [0.3, 0.4) is 0 Å². The SMILES string of the molecule is CNS(=O)(=O)c1ccc(NC/C=C/c2ccccc2)nc1. The molecule has 1 heterocycles. The van der Waals surface area contributed by atoms with Gasteiger partial charge in [0.2, 0.25) is 10.0 Å². The second-order valence-electron chi connectivity index (χ2n) is 4.28. The fourth-order valence-corrected chi connectivity index (χ4v) is 2.36. The minimum atomic E-state index is -3.43. The number of anilines is 1. The van der Waals surface area contributed by atoms with E-state index in [0.717, 1.165) is 5.56 Å². The zero-order valence-electron chi connectivity index (χ0n) is 11.7. The molecule has 0 fully saturated rings. The number of rotatable bonds is 6. The van der Waals surface area contributed by atoms with Crippen LogP contribution in [0.25, 0.3) is 6.08 Å². The zero-order chi connectivity index (χ0) is 15.1. The van der Waals surface area contributed by atoms with Crippen LogP contribution in [0.15, 0.2) is 59.6 Å². The molecule has 1 aromatic carbocycles. The van der Waals surface area contributed by atoms with Crippen molar-refractivity contribution < 1.29 is 8.42 Å². The van der Waals surface area contributed by atoms with Gasteiger partial charge in [0, 0.05) is 12.7 Å². The second-order valence-corrected chi connectivity index (χ2v) is 6.17. The van der Waals surface area contributed by atoms with Crippen molar-refractivity contribution in [2.24, 2.45) is 0 Å². The van der Waals surface area contributed by atoms with Crippen molar-refractivity contribution in [3.8, 4) is 0 Å². The highest BCUT2D eigenvalue weighted by atomic mass is 32.2. The minimum Gasteiger partial charge on any atom is -0.367 e. The van der Waals surface area contributed by atoms with Crippen LogP contribution in [0.4, 0.5) is 5.82 Å². The quantitative estimate of drug-likeness (QED) is 0.857. The molecule has 110 valence electrons. The Morgan fingerprint density at radius 2 is 1.90 bits per heavy atom. The van der Waals surface area contributed by atoms with Crippen LogP contribution in [0.2, 0.25) is 0 Å². The average molecular weight is 303 g/mol. The third kappa shape index (κ3) is 4.40. The standard InChI is InChI=1S/C15H17N3O2S/c1-16-21(19,20)14-9-10-15(18-12-14)17-11-5-8-13-6-3-2-4-7-13/h2-10,12,16H,11H2,1H3,(H,17,18)/b8-5+. The first-order valence-corrected chi connectivity index (χ1v) is 7.95. The molecule has 21 heavy (non-hydrogen) atoms. The summed E-state index contributed by atoms with van der Waals surface area (Å²) in [6, 6.07) is 13.1. The number of aromatic nitrogens is 1. The fourth-order valence-electron chi connectivity index (χ4n) is 1.68. The van der Waals surface area contributed by atoms with Gasteiger partial charge in [0.05, 0.1) is 0 Å². The molecule has 0 aliphatic rings. The first-order chi connectivity index (χ1) is 10.1. The Morgan fingerprint density at radius 3 is 2.52 bits per heavy atom. The van der Waals surface area contributed by atoms with Crippen LogP contribution >= 0.6 is 0 Å². The number of hydrogen-bond donors (Lipinski definition) is 2. The lowest BCUT2D eigenvalue weighted by Gasteiger charge is -2.04. The summed E-state index contributed by atoms with van der Waals surface area (Å²) in [6.07, 6.45) is 5.32. The third-order valence-electron chi connectivity index (χ3n) is 2.83. The van der Waals surface area contributed by atoms with Crippen molar-refractivity contribution in [2.45, 2.75) is 4.90 Å². The molecule has 5 nitrogen and oxygen atoms in total. The molecule has 0 saturated carbocycles. The Balaban J connectivity index is 1.91. The monoisotopic (exact) mass is 303 g/mol. The first-order valence-electron chi connectivity index (χ1n) is 6.47. The Kier molecular flexibility index (Phi) is 5.08. The zero-order valence-corrected chi connectivity index (χ0v) is 12.5. The molecule has 0 amide bonds. The number of hydrogen-bond acceptors (Lipinski definition) is 4. The Labute approximate surface area is 124 Å². The van der Waals surface area contributed by atoms with E-state index in [-0.39, 0.29) is 4.90 Å². The highest BCUT2D eigenvalue weighted by Gasteiger charge is 2.10. The smallest absolute Gasteiger partial charge is 0.241 e. The summed E-state index contributed by atoms with van der Waals surface area (Å²) < 4.78 is 25.3. The summed E-state index contributed by atoms with van der Waals surface area (Å²) >= 11 is 0. The van der Waals surface area contributed by atoms with E-state index >= 15 is 0 Å². The number of nitrogens with one attached hydrogen (secondary N) is 2. The van der Waals surface area contributed by atoms with Gasteiger partial charge in [-0.25, -0.2) is 18.1 Å². The van der Waals surface area contributed by atoms with Gasteiger partial charge in [0.1, 0.15) is 10.7 Å². The highest BCUT2D eigenvalue weighted by molar-refractivity contribution is 7.89. The molecule has 1 aromatic heterocycles. The van der Waals surface area contributed by atoms with E-state index in [0.29, 0.717) is 12.4 Å². The van der Waals surface area contributed by atoms with Crippen LogP contribution in [0.1, 0.15) is 5.56 Å². The van der Waals surface area contributed by atoms with Gasteiger partial charge in [0.25, 0.3) is 0 Å². The third-order valence-corrected chi connectivity index (χ3v) is 4.23. The van der Waals surface area contributed by atoms with Gasteiger partial charge in [-0.2, -0.15) is 0 Å². The largest absolute Gasteiger partial charge is 0.367 e. The molecule has 2 rings (SSSR count). The Morgan fingerprint density at radius 1 is 1.14 bits per heavy atom. The van der Waals surface area contributed by atoms with Crippen LogP contribution in [-0.4, -0.2) is 27.0 Å². The summed E-state index contributed by atoms with van der Waals surface area (Å²) in [5.41, 5.74) is 1.13. The van der Waals surface area contributed by atoms with Gasteiger partial charge in [-0.3, -0.25) is 0 Å². The molecule has 2 N–H and O–H groups in total. The van der Waals surface area contributed by atoms with Crippen LogP contribution in [0, 0.1) is 0 Å². The molecule has 0 aliphatic carbocycles. The normalized spacial score (nSPS) is 11.7. The van der Waals surface area contributed by atoms with Gasteiger partial charge in [-0.15, -0.1) is 0 Å². The molecule has 0 spiro atoms. The van der Waals surface area contributed by atoms with Crippen molar-refractivity contribution >= 4 is 21.9 Å². The van der Waals surface area contributed by atoms with E-state index in [2.05, 4.69) is 15.0 Å². The van der Waals surface area contributed by atoms with Crippen LogP contribution in [0.5, 0.6) is 0 Å². The summed E-state index contributed by atoms with van der Waals surface area (Å²) in [4.78, 5) is 4.22. The van der Waals surface area contributed by atoms with E-state index in [1.54, 1.807) is 6.07 Å². The van der Waals surface area contributed by atoms with Crippen LogP contribution in [-0.2, 0) is 10.0 Å². The van der Waals surface area contributed by atoms with E-state index in [4.69, 9.17) is 0 Å². The maximum Gasteiger partial charge on any atom is 0.241 e. The molecule has 0 saturated heterocycles. The average Bonchev–Trinajstić information content (AvgIpc) is 2.53. The molecule has 0 radical (unpaired) electrons. The molecule has 0 bridgehead atoms. The number of benzene rings is 1. The van der Waals surface area contributed by atoms with E-state index < -0.39 is 10.0 Å². The topological polar surface area (TPSA) is 71.1 Å². The maximum atomic E-state index is 11.5. The summed E-state index contributed by atoms with van der Waals surface area (Å²) in [5, 5.41) is 3.10. The summed E-state index contributed by atoms with van der Waals surface area (Å²) in [5.74, 6) is 0.628. The predicted octanol–water partition coefficient (Wildman–Crippen LogP) is 2.12. The lowest BCUT2D eigenvalue weighted by atomic mass is 10.2. The van der Waals surface area contributed by atoms with Gasteiger partial charge >= 0.3 is 0 Å². The molecule has 6 heteroatoms. The predicted molar refractivity (Wildman–Crippen MR) is 84.4 cm³/mol. The van der Waals surface area contributed by atoms with E-state index in [1.165, 1.54) is 19.3 Å². The van der Waals surface area contributed by atoms with Crippen molar-refractivity contribution in [3.05, 3.63) is 60.3 Å². The second kappa shape index (κ2) is 7.01. The Bertz CT molecular complexity index is 695. The maximum absolute atomic E-state index is 11.5. The van der Waals surface area contributed by atoms with Crippen molar-refractivity contribution in [1.82, 2.24) is 9.71 Å². The Hall–Kier alpha value is -2.18. The number of pyridine rings is 1. The number of nitrogens with zero attached hydrogens (tertiary/aromatic N) is 1. The van der Waals surface area contributed by atoms with Crippen LogP contribution < -0.4 is 10.0 Å². The van der Waals surface area contributed by atoms with Gasteiger partial charge < -0.3 is 5.32 Å². The molecule has 2 aromatic rings. The molecule has 0 atom stereocenters. The highest BCUT2D eigenvalue weighted by Crippen LogP contribution is 2.10. The minimum absolute atomic E-state index is 0.148. The molecular formula is C15H17N3O2S. The summed E-state index contributed by atoms with van der Waals surface area (Å²) in [7, 11) is -2.06. The lowest BCUT2D eigenvalue weighted by Crippen LogP contribution is -2.18. The van der Waals surface area contributed by atoms with Crippen molar-refractivity contribution in [2.75, 3.05) is 18.9 Å². The first kappa shape index (κ1) is 15.2. The van der Waals surface area contributed by atoms with Crippen molar-refractivity contribution in [3.63, 3.8) is 0 Å². The molecule has 0 unspecified atom stereocenters. The lowest BCUT2D eigenvalue weighted by molar-refractivity contribution is 0.588. The van der Waals surface area contributed by atoms with Gasteiger partial charge in [-0.05, 0) is 24.7 Å². The number of sulfonamides is 1. The molecule has 0 aliphatic heterocycles. The van der Waals surface area contributed by atoms with E-state index in [1.807, 2.05) is 42.5 Å². The van der Waals surface area contributed by atoms with Gasteiger partial charge in [-0.1, -0.05) is 42.5 Å². The van der Waals surface area contributed by atoms with E-state index in [9.17, 15) is 8.42 Å². The summed E-state index contributed by atoms with van der Waals surface area (Å²) in [6.45, 7) is 0.611. The fraction of sp³-hybridized carbons (Fsp3) is 0.133.